The van der Waals surface area contributed by atoms with E-state index >= 15 is 0 Å². The Bertz CT molecular complexity index is 1040. The summed E-state index contributed by atoms with van der Waals surface area (Å²) in [6.07, 6.45) is 1.02. The Morgan fingerprint density at radius 3 is 2.19 bits per heavy atom. The van der Waals surface area contributed by atoms with Crippen molar-refractivity contribution >= 4 is 11.0 Å². The average molecular weight is 340 g/mol. The molecule has 26 heavy (non-hydrogen) atoms. The molecule has 0 saturated carbocycles. The fourth-order valence-electron chi connectivity index (χ4n) is 3.50. The predicted molar refractivity (Wildman–Crippen MR) is 110 cm³/mol. The van der Waals surface area contributed by atoms with E-state index in [9.17, 15) is 0 Å². The minimum absolute atomic E-state index is 0.222. The van der Waals surface area contributed by atoms with Crippen molar-refractivity contribution in [2.75, 3.05) is 0 Å². The molecule has 0 aliphatic heterocycles. The zero-order valence-electron chi connectivity index (χ0n) is 15.6. The van der Waals surface area contributed by atoms with Crippen LogP contribution in [0, 0.1) is 5.41 Å². The van der Waals surface area contributed by atoms with Crippen LogP contribution in [0.25, 0.3) is 28.1 Å². The van der Waals surface area contributed by atoms with Crippen molar-refractivity contribution in [3.8, 4) is 17.1 Å². The van der Waals surface area contributed by atoms with Crippen LogP contribution in [0.1, 0.15) is 26.3 Å². The molecule has 1 heterocycles. The summed E-state index contributed by atoms with van der Waals surface area (Å²) < 4.78 is 2.31. The molecule has 4 rings (SSSR count). The van der Waals surface area contributed by atoms with Crippen molar-refractivity contribution in [1.29, 1.82) is 0 Å². The first-order chi connectivity index (χ1) is 12.5. The van der Waals surface area contributed by atoms with E-state index in [-0.39, 0.29) is 5.41 Å². The van der Waals surface area contributed by atoms with E-state index in [0.29, 0.717) is 0 Å². The van der Waals surface area contributed by atoms with E-state index in [1.165, 1.54) is 11.3 Å². The number of rotatable bonds is 3. The van der Waals surface area contributed by atoms with Gasteiger partial charge in [0.25, 0.3) is 0 Å². The molecule has 0 atom stereocenters. The van der Waals surface area contributed by atoms with Crippen LogP contribution in [0.4, 0.5) is 0 Å². The summed E-state index contributed by atoms with van der Waals surface area (Å²) in [5, 5.41) is 0. The third-order valence-corrected chi connectivity index (χ3v) is 4.55. The second-order valence-electron chi connectivity index (χ2n) is 7.99. The number of fused-ring (bicyclic) bond motifs is 1. The zero-order chi connectivity index (χ0) is 18.1. The SMILES string of the molecule is CC(C)(C)Cc1ccccc1-n1c(-c2ccccc2)nc2ccccc21. The molecule has 0 radical (unpaired) electrons. The van der Waals surface area contributed by atoms with Gasteiger partial charge in [-0.15, -0.1) is 0 Å². The lowest BCUT2D eigenvalue weighted by atomic mass is 9.87. The fraction of sp³-hybridized carbons (Fsp3) is 0.208. The van der Waals surface area contributed by atoms with Gasteiger partial charge in [0.1, 0.15) is 5.82 Å². The third kappa shape index (κ3) is 3.15. The normalized spacial score (nSPS) is 11.8. The molecular formula is C24H24N2. The molecular weight excluding hydrogens is 316 g/mol. The van der Waals surface area contributed by atoms with Crippen molar-refractivity contribution in [1.82, 2.24) is 9.55 Å². The van der Waals surface area contributed by atoms with Gasteiger partial charge in [0.15, 0.2) is 0 Å². The molecule has 0 aliphatic rings. The van der Waals surface area contributed by atoms with E-state index < -0.39 is 0 Å². The smallest absolute Gasteiger partial charge is 0.145 e. The van der Waals surface area contributed by atoms with Gasteiger partial charge in [-0.3, -0.25) is 4.57 Å². The summed E-state index contributed by atoms with van der Waals surface area (Å²) >= 11 is 0. The van der Waals surface area contributed by atoms with E-state index in [2.05, 4.69) is 98.1 Å². The topological polar surface area (TPSA) is 17.8 Å². The van der Waals surface area contributed by atoms with Crippen LogP contribution in [0.15, 0.2) is 78.9 Å². The number of aromatic nitrogens is 2. The number of hydrogen-bond donors (Lipinski definition) is 0. The number of hydrogen-bond acceptors (Lipinski definition) is 1. The summed E-state index contributed by atoms with van der Waals surface area (Å²) in [6, 6.07) is 27.5. The summed E-state index contributed by atoms with van der Waals surface area (Å²) in [5.74, 6) is 0.994. The molecule has 4 aromatic rings. The van der Waals surface area contributed by atoms with Gasteiger partial charge < -0.3 is 0 Å². The highest BCUT2D eigenvalue weighted by Gasteiger charge is 2.19. The minimum Gasteiger partial charge on any atom is -0.292 e. The van der Waals surface area contributed by atoms with Crippen LogP contribution < -0.4 is 0 Å². The molecule has 0 N–H and O–H groups in total. The maximum absolute atomic E-state index is 4.96. The highest BCUT2D eigenvalue weighted by molar-refractivity contribution is 5.83. The number of para-hydroxylation sites is 3. The quantitative estimate of drug-likeness (QED) is 0.429. The van der Waals surface area contributed by atoms with Gasteiger partial charge >= 0.3 is 0 Å². The summed E-state index contributed by atoms with van der Waals surface area (Å²) in [7, 11) is 0. The van der Waals surface area contributed by atoms with Crippen LogP contribution in [0.2, 0.25) is 0 Å². The van der Waals surface area contributed by atoms with E-state index in [4.69, 9.17) is 4.98 Å². The van der Waals surface area contributed by atoms with Gasteiger partial charge in [-0.1, -0.05) is 81.4 Å². The fourth-order valence-corrected chi connectivity index (χ4v) is 3.50. The second kappa shape index (κ2) is 6.45. The molecule has 0 bridgehead atoms. The third-order valence-electron chi connectivity index (χ3n) is 4.55. The van der Waals surface area contributed by atoms with Gasteiger partial charge in [0, 0.05) is 5.56 Å². The zero-order valence-corrected chi connectivity index (χ0v) is 15.6. The molecule has 3 aromatic carbocycles. The first kappa shape index (κ1) is 16.6. The Kier molecular flexibility index (Phi) is 4.12. The van der Waals surface area contributed by atoms with Crippen LogP contribution in [0.5, 0.6) is 0 Å². The molecule has 0 unspecified atom stereocenters. The maximum Gasteiger partial charge on any atom is 0.145 e. The summed E-state index contributed by atoms with van der Waals surface area (Å²) in [5.41, 5.74) is 6.09. The first-order valence-corrected chi connectivity index (χ1v) is 9.14. The number of benzene rings is 3. The molecule has 0 aliphatic carbocycles. The number of imidazole rings is 1. The molecule has 0 fully saturated rings. The van der Waals surface area contributed by atoms with Crippen molar-refractivity contribution in [2.45, 2.75) is 27.2 Å². The maximum atomic E-state index is 4.96. The molecule has 130 valence electrons. The van der Waals surface area contributed by atoms with Crippen molar-refractivity contribution in [3.05, 3.63) is 84.4 Å². The highest BCUT2D eigenvalue weighted by atomic mass is 15.1. The molecule has 0 saturated heterocycles. The molecule has 2 nitrogen and oxygen atoms in total. The Hall–Kier alpha value is -2.87. The van der Waals surface area contributed by atoms with Crippen molar-refractivity contribution in [3.63, 3.8) is 0 Å². The first-order valence-electron chi connectivity index (χ1n) is 9.14. The lowest BCUT2D eigenvalue weighted by Gasteiger charge is -2.21. The Morgan fingerprint density at radius 1 is 0.769 bits per heavy atom. The van der Waals surface area contributed by atoms with E-state index in [1.54, 1.807) is 0 Å². The second-order valence-corrected chi connectivity index (χ2v) is 7.99. The van der Waals surface area contributed by atoms with Gasteiger partial charge in [-0.05, 0) is 35.6 Å². The highest BCUT2D eigenvalue weighted by Crippen LogP contribution is 2.32. The van der Waals surface area contributed by atoms with Gasteiger partial charge in [-0.25, -0.2) is 4.98 Å². The van der Waals surface area contributed by atoms with E-state index in [1.807, 2.05) is 6.07 Å². The van der Waals surface area contributed by atoms with Gasteiger partial charge in [0.05, 0.1) is 16.7 Å². The lowest BCUT2D eigenvalue weighted by Crippen LogP contribution is -2.12. The summed E-state index contributed by atoms with van der Waals surface area (Å²) in [4.78, 5) is 4.96. The Labute approximate surface area is 155 Å². The van der Waals surface area contributed by atoms with Crippen LogP contribution >= 0.6 is 0 Å². The molecule has 0 amide bonds. The molecule has 0 spiro atoms. The average Bonchev–Trinajstić information content (AvgIpc) is 3.01. The predicted octanol–water partition coefficient (Wildman–Crippen LogP) is 6.28. The Balaban J connectivity index is 2.01. The number of nitrogens with zero attached hydrogens (tertiary/aromatic N) is 2. The van der Waals surface area contributed by atoms with Crippen LogP contribution in [-0.4, -0.2) is 9.55 Å². The van der Waals surface area contributed by atoms with Crippen LogP contribution in [0.3, 0.4) is 0 Å². The molecule has 1 aromatic heterocycles. The summed E-state index contributed by atoms with van der Waals surface area (Å²) in [6.45, 7) is 6.86. The van der Waals surface area contributed by atoms with E-state index in [0.717, 1.165) is 28.8 Å². The minimum atomic E-state index is 0.222. The Morgan fingerprint density at radius 2 is 1.42 bits per heavy atom. The van der Waals surface area contributed by atoms with Crippen LogP contribution in [-0.2, 0) is 6.42 Å². The van der Waals surface area contributed by atoms with Gasteiger partial charge in [0.2, 0.25) is 0 Å². The lowest BCUT2D eigenvalue weighted by molar-refractivity contribution is 0.411. The monoisotopic (exact) mass is 340 g/mol. The van der Waals surface area contributed by atoms with Crippen molar-refractivity contribution in [2.24, 2.45) is 5.41 Å². The van der Waals surface area contributed by atoms with Crippen molar-refractivity contribution < 1.29 is 0 Å². The largest absolute Gasteiger partial charge is 0.292 e. The molecule has 2 heteroatoms. The van der Waals surface area contributed by atoms with Gasteiger partial charge in [-0.2, -0.15) is 0 Å². The standard InChI is InChI=1S/C24H24N2/c1-24(2,3)17-19-13-7-9-15-21(19)26-22-16-10-8-14-20(22)25-23(26)18-11-5-4-6-12-18/h4-16H,17H2,1-3H3.